The number of halogens is 1. The third kappa shape index (κ3) is 3.10. The molecule has 0 aromatic heterocycles. The van der Waals surface area contributed by atoms with Crippen LogP contribution in [0.25, 0.3) is 0 Å². The van der Waals surface area contributed by atoms with Crippen LogP contribution in [0.15, 0.2) is 18.2 Å². The standard InChI is InChI=1S/C14H17ClO3/c1-8(2)10-5-6-12(18-4)11(7-10)13(15)14(17)9(3)16/h5-8,13H,1-4H3. The van der Waals surface area contributed by atoms with E-state index in [1.807, 2.05) is 26.0 Å². The minimum atomic E-state index is -0.990. The molecule has 1 aromatic carbocycles. The van der Waals surface area contributed by atoms with Crippen LogP contribution in [-0.4, -0.2) is 18.7 Å². The zero-order valence-electron chi connectivity index (χ0n) is 11.0. The van der Waals surface area contributed by atoms with Gasteiger partial charge < -0.3 is 4.74 Å². The molecule has 98 valence electrons. The summed E-state index contributed by atoms with van der Waals surface area (Å²) < 4.78 is 5.18. The highest BCUT2D eigenvalue weighted by molar-refractivity contribution is 6.49. The molecule has 0 fully saturated rings. The van der Waals surface area contributed by atoms with Crippen molar-refractivity contribution >= 4 is 23.2 Å². The van der Waals surface area contributed by atoms with Crippen LogP contribution >= 0.6 is 11.6 Å². The highest BCUT2D eigenvalue weighted by atomic mass is 35.5. The molecule has 18 heavy (non-hydrogen) atoms. The molecule has 1 aromatic rings. The van der Waals surface area contributed by atoms with Gasteiger partial charge in [0.25, 0.3) is 0 Å². The van der Waals surface area contributed by atoms with E-state index in [0.717, 1.165) is 5.56 Å². The van der Waals surface area contributed by atoms with Crippen LogP contribution in [0.3, 0.4) is 0 Å². The average Bonchev–Trinajstić information content (AvgIpc) is 2.35. The van der Waals surface area contributed by atoms with Gasteiger partial charge in [-0.3, -0.25) is 9.59 Å². The first-order valence-electron chi connectivity index (χ1n) is 5.75. The van der Waals surface area contributed by atoms with Crippen LogP contribution < -0.4 is 4.74 Å². The fraction of sp³-hybridized carbons (Fsp3) is 0.429. The first-order chi connectivity index (χ1) is 8.38. The van der Waals surface area contributed by atoms with Gasteiger partial charge in [0.15, 0.2) is 5.78 Å². The number of alkyl halides is 1. The normalized spacial score (nSPS) is 12.3. The van der Waals surface area contributed by atoms with Crippen molar-refractivity contribution in [1.29, 1.82) is 0 Å². The van der Waals surface area contributed by atoms with Crippen LogP contribution in [0.5, 0.6) is 5.75 Å². The van der Waals surface area contributed by atoms with Crippen LogP contribution in [0, 0.1) is 0 Å². The van der Waals surface area contributed by atoms with Crippen LogP contribution in [-0.2, 0) is 9.59 Å². The number of rotatable bonds is 5. The van der Waals surface area contributed by atoms with Crippen molar-refractivity contribution in [3.8, 4) is 5.75 Å². The summed E-state index contributed by atoms with van der Waals surface area (Å²) in [6, 6.07) is 5.52. The topological polar surface area (TPSA) is 43.4 Å². The lowest BCUT2D eigenvalue weighted by Crippen LogP contribution is -2.16. The molecule has 0 saturated carbocycles. The zero-order valence-corrected chi connectivity index (χ0v) is 11.7. The summed E-state index contributed by atoms with van der Waals surface area (Å²) >= 11 is 6.06. The Hall–Kier alpha value is -1.35. The van der Waals surface area contributed by atoms with Crippen molar-refractivity contribution in [3.05, 3.63) is 29.3 Å². The molecule has 0 radical (unpaired) electrons. The summed E-state index contributed by atoms with van der Waals surface area (Å²) in [5.41, 5.74) is 1.60. The first kappa shape index (κ1) is 14.7. The maximum absolute atomic E-state index is 11.7. The Morgan fingerprint density at radius 2 is 1.89 bits per heavy atom. The minimum Gasteiger partial charge on any atom is -0.496 e. The SMILES string of the molecule is COc1ccc(C(C)C)cc1C(Cl)C(=O)C(C)=O. The molecule has 3 nitrogen and oxygen atoms in total. The molecule has 0 spiro atoms. The second-order valence-electron chi connectivity index (χ2n) is 4.44. The van der Waals surface area contributed by atoms with Gasteiger partial charge in [-0.15, -0.1) is 11.6 Å². The van der Waals surface area contributed by atoms with E-state index in [9.17, 15) is 9.59 Å². The average molecular weight is 269 g/mol. The van der Waals surface area contributed by atoms with Gasteiger partial charge in [-0.2, -0.15) is 0 Å². The van der Waals surface area contributed by atoms with E-state index in [-0.39, 0.29) is 0 Å². The minimum absolute atomic E-state index is 0.311. The summed E-state index contributed by atoms with van der Waals surface area (Å²) in [6.07, 6.45) is 0. The monoisotopic (exact) mass is 268 g/mol. The molecule has 1 atom stereocenters. The molecule has 0 aliphatic heterocycles. The molecule has 0 saturated heterocycles. The van der Waals surface area contributed by atoms with Crippen LogP contribution in [0.1, 0.15) is 43.2 Å². The van der Waals surface area contributed by atoms with Crippen molar-refractivity contribution in [3.63, 3.8) is 0 Å². The summed E-state index contributed by atoms with van der Waals surface area (Å²) in [6.45, 7) is 5.31. The van der Waals surface area contributed by atoms with Crippen molar-refractivity contribution in [2.45, 2.75) is 32.1 Å². The molecule has 0 amide bonds. The Labute approximate surface area is 112 Å². The Morgan fingerprint density at radius 3 is 2.33 bits per heavy atom. The van der Waals surface area contributed by atoms with Gasteiger partial charge >= 0.3 is 0 Å². The van der Waals surface area contributed by atoms with Gasteiger partial charge in [-0.25, -0.2) is 0 Å². The number of ether oxygens (including phenoxy) is 1. The molecular weight excluding hydrogens is 252 g/mol. The number of methoxy groups -OCH3 is 1. The first-order valence-corrected chi connectivity index (χ1v) is 6.18. The number of hydrogen-bond acceptors (Lipinski definition) is 3. The van der Waals surface area contributed by atoms with Crippen molar-refractivity contribution in [2.75, 3.05) is 7.11 Å². The lowest BCUT2D eigenvalue weighted by Gasteiger charge is -2.15. The molecule has 4 heteroatoms. The molecule has 1 rings (SSSR count). The van der Waals surface area contributed by atoms with Gasteiger partial charge in [0.1, 0.15) is 11.1 Å². The van der Waals surface area contributed by atoms with E-state index in [2.05, 4.69) is 0 Å². The molecule has 1 unspecified atom stereocenters. The smallest absolute Gasteiger partial charge is 0.220 e. The number of hydrogen-bond donors (Lipinski definition) is 0. The Kier molecular flexibility index (Phi) is 4.91. The van der Waals surface area contributed by atoms with Gasteiger partial charge in [0.05, 0.1) is 7.11 Å². The third-order valence-electron chi connectivity index (χ3n) is 2.77. The zero-order chi connectivity index (χ0) is 13.9. The van der Waals surface area contributed by atoms with Crippen LogP contribution in [0.2, 0.25) is 0 Å². The lowest BCUT2D eigenvalue weighted by atomic mass is 9.97. The molecule has 0 N–H and O–H groups in total. The van der Waals surface area contributed by atoms with Crippen molar-refractivity contribution in [1.82, 2.24) is 0 Å². The summed E-state index contributed by atoms with van der Waals surface area (Å²) in [5, 5.41) is -0.990. The Bertz CT molecular complexity index is 466. The quantitative estimate of drug-likeness (QED) is 0.608. The van der Waals surface area contributed by atoms with E-state index < -0.39 is 16.9 Å². The van der Waals surface area contributed by atoms with Gasteiger partial charge in [-0.1, -0.05) is 19.9 Å². The molecule has 0 aliphatic rings. The van der Waals surface area contributed by atoms with E-state index in [4.69, 9.17) is 16.3 Å². The molecule has 0 aliphatic carbocycles. The fourth-order valence-electron chi connectivity index (χ4n) is 1.63. The second-order valence-corrected chi connectivity index (χ2v) is 4.88. The second kappa shape index (κ2) is 6.01. The number of ketones is 2. The summed E-state index contributed by atoms with van der Waals surface area (Å²) in [5.74, 6) is -0.331. The van der Waals surface area contributed by atoms with Crippen LogP contribution in [0.4, 0.5) is 0 Å². The Balaban J connectivity index is 3.23. The van der Waals surface area contributed by atoms with Gasteiger partial charge in [-0.05, 0) is 23.6 Å². The van der Waals surface area contributed by atoms with E-state index in [0.29, 0.717) is 17.2 Å². The molecule has 0 bridgehead atoms. The molecular formula is C14H17ClO3. The number of carbonyl (C=O) groups excluding carboxylic acids is 2. The lowest BCUT2D eigenvalue weighted by molar-refractivity contribution is -0.135. The highest BCUT2D eigenvalue weighted by Crippen LogP contribution is 2.33. The Morgan fingerprint density at radius 1 is 1.28 bits per heavy atom. The predicted molar refractivity (Wildman–Crippen MR) is 71.4 cm³/mol. The van der Waals surface area contributed by atoms with Crippen molar-refractivity contribution in [2.24, 2.45) is 0 Å². The largest absolute Gasteiger partial charge is 0.496 e. The van der Waals surface area contributed by atoms with E-state index >= 15 is 0 Å². The number of Topliss-reactive ketones (excluding diaryl/α,β-unsaturated/α-hetero) is 2. The van der Waals surface area contributed by atoms with Gasteiger partial charge in [0.2, 0.25) is 5.78 Å². The maximum Gasteiger partial charge on any atom is 0.220 e. The number of carbonyl (C=O) groups is 2. The highest BCUT2D eigenvalue weighted by Gasteiger charge is 2.25. The van der Waals surface area contributed by atoms with E-state index in [1.54, 1.807) is 6.07 Å². The summed E-state index contributed by atoms with van der Waals surface area (Å²) in [7, 11) is 1.51. The van der Waals surface area contributed by atoms with Gasteiger partial charge in [0, 0.05) is 12.5 Å². The number of benzene rings is 1. The maximum atomic E-state index is 11.7. The molecule has 0 heterocycles. The third-order valence-corrected chi connectivity index (χ3v) is 3.20. The predicted octanol–water partition coefficient (Wildman–Crippen LogP) is 3.26. The summed E-state index contributed by atoms with van der Waals surface area (Å²) in [4.78, 5) is 22.8. The van der Waals surface area contributed by atoms with E-state index in [1.165, 1.54) is 14.0 Å². The van der Waals surface area contributed by atoms with Crippen molar-refractivity contribution < 1.29 is 14.3 Å². The fourth-order valence-corrected chi connectivity index (χ4v) is 1.95.